The summed E-state index contributed by atoms with van der Waals surface area (Å²) in [6.07, 6.45) is 0. The smallest absolute Gasteiger partial charge is 0.277 e. The molecule has 0 aliphatic heterocycles. The Balaban J connectivity index is 1.89. The van der Waals surface area contributed by atoms with Crippen molar-refractivity contribution in [1.82, 2.24) is 20.8 Å². The van der Waals surface area contributed by atoms with Crippen molar-refractivity contribution in [2.75, 3.05) is 19.3 Å². The second-order valence-electron chi connectivity index (χ2n) is 4.43. The van der Waals surface area contributed by atoms with Crippen molar-refractivity contribution in [3.8, 4) is 11.5 Å². The highest BCUT2D eigenvalue weighted by molar-refractivity contribution is 7.99. The van der Waals surface area contributed by atoms with E-state index in [2.05, 4.69) is 20.8 Å². The second kappa shape index (κ2) is 7.60. The molecule has 1 aromatic carbocycles. The van der Waals surface area contributed by atoms with Gasteiger partial charge in [0.15, 0.2) is 0 Å². The zero-order chi connectivity index (χ0) is 15.9. The third-order valence-corrected chi connectivity index (χ3v) is 3.65. The summed E-state index contributed by atoms with van der Waals surface area (Å²) in [6, 6.07) is 7.68. The molecule has 0 aliphatic rings. The Labute approximate surface area is 131 Å². The van der Waals surface area contributed by atoms with Crippen LogP contribution in [0.2, 0.25) is 0 Å². The maximum absolute atomic E-state index is 11.6. The molecule has 0 saturated carbocycles. The number of carbonyl (C=O) groups is 2. The molecule has 0 fully saturated rings. The molecule has 8 heteroatoms. The van der Waals surface area contributed by atoms with Gasteiger partial charge < -0.3 is 15.1 Å². The third kappa shape index (κ3) is 4.32. The van der Waals surface area contributed by atoms with Crippen LogP contribution in [0.4, 0.5) is 0 Å². The lowest BCUT2D eigenvalue weighted by atomic mass is 10.1. The Bertz CT molecular complexity index is 672. The van der Waals surface area contributed by atoms with Crippen LogP contribution in [0.25, 0.3) is 11.5 Å². The molecule has 2 N–H and O–H groups in total. The van der Waals surface area contributed by atoms with Crippen molar-refractivity contribution >= 4 is 23.6 Å². The minimum absolute atomic E-state index is 0.0474. The van der Waals surface area contributed by atoms with E-state index in [4.69, 9.17) is 4.42 Å². The summed E-state index contributed by atoms with van der Waals surface area (Å²) in [6.45, 7) is 1.91. The third-order valence-electron chi connectivity index (χ3n) is 2.83. The number of carbonyl (C=O) groups excluding carboxylic acids is 2. The maximum atomic E-state index is 11.6. The number of nitrogens with zero attached hydrogens (tertiary/aromatic N) is 2. The lowest BCUT2D eigenvalue weighted by molar-refractivity contribution is -0.124. The van der Waals surface area contributed by atoms with Crippen LogP contribution in [-0.4, -0.2) is 41.4 Å². The largest absolute Gasteiger partial charge is 0.411 e. The maximum Gasteiger partial charge on any atom is 0.277 e. The van der Waals surface area contributed by atoms with E-state index in [0.717, 1.165) is 22.9 Å². The number of likely N-dealkylation sites (N-methyl/N-ethyl adjacent to an activating group) is 1. The molecule has 1 aromatic heterocycles. The molecular weight excluding hydrogens is 304 g/mol. The fourth-order valence-electron chi connectivity index (χ4n) is 1.64. The van der Waals surface area contributed by atoms with Crippen molar-refractivity contribution in [3.63, 3.8) is 0 Å². The van der Waals surface area contributed by atoms with Crippen molar-refractivity contribution in [2.45, 2.75) is 12.1 Å². The summed E-state index contributed by atoms with van der Waals surface area (Å²) in [5.74, 6) is 0.000413. The van der Waals surface area contributed by atoms with E-state index >= 15 is 0 Å². The topological polar surface area (TPSA) is 97.1 Å². The van der Waals surface area contributed by atoms with E-state index in [1.807, 2.05) is 31.2 Å². The molecule has 0 spiro atoms. The summed E-state index contributed by atoms with van der Waals surface area (Å²) in [5, 5.41) is 13.1. The van der Waals surface area contributed by atoms with E-state index in [1.54, 1.807) is 0 Å². The van der Waals surface area contributed by atoms with E-state index in [0.29, 0.717) is 11.1 Å². The predicted octanol–water partition coefficient (Wildman–Crippen LogP) is 0.999. The molecule has 7 nitrogen and oxygen atoms in total. The molecule has 2 aromatic rings. The highest BCUT2D eigenvalue weighted by Gasteiger charge is 2.12. The molecular formula is C14H16N4O3S. The van der Waals surface area contributed by atoms with Crippen LogP contribution in [-0.2, 0) is 9.59 Å². The van der Waals surface area contributed by atoms with Crippen molar-refractivity contribution in [3.05, 3.63) is 29.8 Å². The first-order valence-corrected chi connectivity index (χ1v) is 7.58. The molecule has 2 amide bonds. The van der Waals surface area contributed by atoms with E-state index in [9.17, 15) is 9.59 Å². The lowest BCUT2D eigenvalue weighted by Gasteiger charge is -2.02. The number of nitrogens with one attached hydrogen (secondary N) is 2. The van der Waals surface area contributed by atoms with Gasteiger partial charge in [-0.1, -0.05) is 30.0 Å². The van der Waals surface area contributed by atoms with Crippen LogP contribution in [0.1, 0.15) is 5.56 Å². The second-order valence-corrected chi connectivity index (χ2v) is 5.35. The summed E-state index contributed by atoms with van der Waals surface area (Å²) < 4.78 is 5.53. The minimum atomic E-state index is -0.274. The first kappa shape index (κ1) is 16.0. The van der Waals surface area contributed by atoms with Crippen LogP contribution < -0.4 is 10.6 Å². The number of hydrogen-bond acceptors (Lipinski definition) is 6. The molecule has 2 rings (SSSR count). The van der Waals surface area contributed by atoms with Gasteiger partial charge in [0.2, 0.25) is 17.7 Å². The first-order valence-electron chi connectivity index (χ1n) is 6.59. The van der Waals surface area contributed by atoms with Crippen LogP contribution in [0.3, 0.4) is 0 Å². The first-order chi connectivity index (χ1) is 10.6. The monoisotopic (exact) mass is 320 g/mol. The number of thioether (sulfide) groups is 1. The van der Waals surface area contributed by atoms with Crippen LogP contribution in [0.15, 0.2) is 33.9 Å². The van der Waals surface area contributed by atoms with Gasteiger partial charge in [0.1, 0.15) is 0 Å². The van der Waals surface area contributed by atoms with Gasteiger partial charge in [-0.2, -0.15) is 0 Å². The number of amides is 2. The summed E-state index contributed by atoms with van der Waals surface area (Å²) in [7, 11) is 1.51. The highest BCUT2D eigenvalue weighted by atomic mass is 32.2. The Hall–Kier alpha value is -2.35. The number of benzene rings is 1. The van der Waals surface area contributed by atoms with Gasteiger partial charge in [0.25, 0.3) is 5.22 Å². The van der Waals surface area contributed by atoms with Crippen molar-refractivity contribution in [2.24, 2.45) is 0 Å². The summed E-state index contributed by atoms with van der Waals surface area (Å²) >= 11 is 1.13. The van der Waals surface area contributed by atoms with E-state index in [1.165, 1.54) is 7.05 Å². The molecule has 0 radical (unpaired) electrons. The molecule has 1 heterocycles. The zero-order valence-corrected chi connectivity index (χ0v) is 13.1. The SMILES string of the molecule is CNC(=O)CNC(=O)CSc1nnc(-c2ccccc2C)o1. The van der Waals surface area contributed by atoms with Crippen LogP contribution in [0.5, 0.6) is 0 Å². The fourth-order valence-corrected chi connectivity index (χ4v) is 2.23. The van der Waals surface area contributed by atoms with Gasteiger partial charge in [0.05, 0.1) is 12.3 Å². The van der Waals surface area contributed by atoms with Gasteiger partial charge >= 0.3 is 0 Å². The number of aromatic nitrogens is 2. The minimum Gasteiger partial charge on any atom is -0.411 e. The Morgan fingerprint density at radius 2 is 2.00 bits per heavy atom. The number of rotatable bonds is 6. The molecule has 0 unspecified atom stereocenters. The molecule has 22 heavy (non-hydrogen) atoms. The molecule has 116 valence electrons. The average Bonchev–Trinajstić information content (AvgIpc) is 2.99. The number of hydrogen-bond donors (Lipinski definition) is 2. The zero-order valence-electron chi connectivity index (χ0n) is 12.3. The summed E-state index contributed by atoms with van der Waals surface area (Å²) in [4.78, 5) is 22.6. The van der Waals surface area contributed by atoms with Gasteiger partial charge in [-0.25, -0.2) is 0 Å². The van der Waals surface area contributed by atoms with E-state index < -0.39 is 0 Å². The Morgan fingerprint density at radius 3 is 2.73 bits per heavy atom. The lowest BCUT2D eigenvalue weighted by Crippen LogP contribution is -2.35. The number of aryl methyl sites for hydroxylation is 1. The van der Waals surface area contributed by atoms with Crippen LogP contribution >= 0.6 is 11.8 Å². The molecule has 0 aliphatic carbocycles. The average molecular weight is 320 g/mol. The highest BCUT2D eigenvalue weighted by Crippen LogP contribution is 2.25. The Morgan fingerprint density at radius 1 is 1.23 bits per heavy atom. The van der Waals surface area contributed by atoms with Crippen molar-refractivity contribution in [1.29, 1.82) is 0 Å². The van der Waals surface area contributed by atoms with Gasteiger partial charge in [-0.3, -0.25) is 9.59 Å². The molecule has 0 saturated heterocycles. The molecule has 0 bridgehead atoms. The normalized spacial score (nSPS) is 10.3. The quantitative estimate of drug-likeness (QED) is 0.771. The van der Waals surface area contributed by atoms with E-state index in [-0.39, 0.29) is 24.1 Å². The van der Waals surface area contributed by atoms with Gasteiger partial charge in [-0.15, -0.1) is 10.2 Å². The fraction of sp³-hybridized carbons (Fsp3) is 0.286. The predicted molar refractivity (Wildman–Crippen MR) is 82.3 cm³/mol. The molecule has 0 atom stereocenters. The Kier molecular flexibility index (Phi) is 5.54. The standard InChI is InChI=1S/C14H16N4O3S/c1-9-5-3-4-6-10(9)13-17-18-14(21-13)22-8-12(20)16-7-11(19)15-2/h3-6H,7-8H2,1-2H3,(H,15,19)(H,16,20). The van der Waals surface area contributed by atoms with Crippen LogP contribution in [0, 0.1) is 6.92 Å². The van der Waals surface area contributed by atoms with Crippen molar-refractivity contribution < 1.29 is 14.0 Å². The summed E-state index contributed by atoms with van der Waals surface area (Å²) in [5.41, 5.74) is 1.90. The van der Waals surface area contributed by atoms with Gasteiger partial charge in [-0.05, 0) is 18.6 Å². The van der Waals surface area contributed by atoms with Gasteiger partial charge in [0, 0.05) is 12.6 Å².